The van der Waals surface area contributed by atoms with Crippen LogP contribution < -0.4 is 4.74 Å². The Morgan fingerprint density at radius 3 is 2.73 bits per heavy atom. The van der Waals surface area contributed by atoms with Crippen molar-refractivity contribution in [3.63, 3.8) is 0 Å². The number of piperidine rings is 3. The average molecular weight is 499 g/mol. The fourth-order valence-corrected chi connectivity index (χ4v) is 6.00. The predicted molar refractivity (Wildman–Crippen MR) is 148 cm³/mol. The summed E-state index contributed by atoms with van der Waals surface area (Å²) < 4.78 is 12.2. The maximum Gasteiger partial charge on any atom is 0.338 e. The minimum Gasteiger partial charge on any atom is -0.494 e. The average Bonchev–Trinajstić information content (AvgIpc) is 2.96. The normalized spacial score (nSPS) is 23.5. The number of unbranched alkanes of at least 4 members (excludes halogenated alkanes) is 3. The number of nitrogens with zero attached hydrogens (tertiary/aromatic N) is 2. The van der Waals surface area contributed by atoms with Crippen molar-refractivity contribution in [3.05, 3.63) is 84.6 Å². The van der Waals surface area contributed by atoms with E-state index in [0.29, 0.717) is 24.0 Å². The van der Waals surface area contributed by atoms with Crippen molar-refractivity contribution in [1.82, 2.24) is 9.88 Å². The van der Waals surface area contributed by atoms with Gasteiger partial charge in [-0.3, -0.25) is 9.88 Å². The number of benzene rings is 2. The molecule has 0 saturated carbocycles. The van der Waals surface area contributed by atoms with E-state index in [2.05, 4.69) is 35.5 Å². The lowest BCUT2D eigenvalue weighted by Crippen LogP contribution is -2.55. The van der Waals surface area contributed by atoms with E-state index < -0.39 is 0 Å². The van der Waals surface area contributed by atoms with Crippen LogP contribution in [0.15, 0.2) is 73.4 Å². The Morgan fingerprint density at radius 2 is 1.97 bits per heavy atom. The van der Waals surface area contributed by atoms with E-state index in [0.717, 1.165) is 48.1 Å². The topological polar surface area (TPSA) is 51.7 Å². The van der Waals surface area contributed by atoms with Gasteiger partial charge in [-0.25, -0.2) is 4.79 Å². The SMILES string of the molecule is C=C[C@H]1CN2CC[C@H]1C[C@H]2[C@H](OC(=O)c1ccc(OCCCCCC)cc1)c1ccnc2ccccc12. The number of ether oxygens (including phenoxy) is 2. The Bertz CT molecular complexity index is 1200. The van der Waals surface area contributed by atoms with Gasteiger partial charge in [-0.05, 0) is 74.0 Å². The minimum atomic E-state index is -0.372. The molecule has 3 aromatic rings. The van der Waals surface area contributed by atoms with Crippen molar-refractivity contribution in [2.24, 2.45) is 11.8 Å². The summed E-state index contributed by atoms with van der Waals surface area (Å²) in [4.78, 5) is 20.5. The van der Waals surface area contributed by atoms with Gasteiger partial charge in [0.25, 0.3) is 0 Å². The summed E-state index contributed by atoms with van der Waals surface area (Å²) in [5.74, 6) is 1.57. The van der Waals surface area contributed by atoms with Gasteiger partial charge in [0.1, 0.15) is 11.9 Å². The Balaban J connectivity index is 1.36. The van der Waals surface area contributed by atoms with Gasteiger partial charge >= 0.3 is 5.97 Å². The van der Waals surface area contributed by atoms with Crippen LogP contribution in [0.4, 0.5) is 0 Å². The van der Waals surface area contributed by atoms with Crippen LogP contribution in [0, 0.1) is 11.8 Å². The smallest absolute Gasteiger partial charge is 0.338 e. The molecule has 5 nitrogen and oxygen atoms in total. The second-order valence-corrected chi connectivity index (χ2v) is 10.4. The molecule has 2 bridgehead atoms. The molecule has 0 aliphatic carbocycles. The van der Waals surface area contributed by atoms with Crippen molar-refractivity contribution in [3.8, 4) is 5.75 Å². The number of hydrogen-bond acceptors (Lipinski definition) is 5. The Labute approximate surface area is 220 Å². The predicted octanol–water partition coefficient (Wildman–Crippen LogP) is 6.99. The number of carbonyl (C=O) groups is 1. The maximum atomic E-state index is 13.5. The molecule has 1 unspecified atom stereocenters. The number of esters is 1. The highest BCUT2D eigenvalue weighted by Gasteiger charge is 2.44. The molecule has 2 aromatic carbocycles. The summed E-state index contributed by atoms with van der Waals surface area (Å²) in [6, 6.07) is 17.6. The van der Waals surface area contributed by atoms with E-state index in [1.165, 1.54) is 25.7 Å². The van der Waals surface area contributed by atoms with Crippen LogP contribution in [0.2, 0.25) is 0 Å². The summed E-state index contributed by atoms with van der Waals surface area (Å²) in [6.45, 7) is 8.97. The zero-order chi connectivity index (χ0) is 25.6. The summed E-state index contributed by atoms with van der Waals surface area (Å²) in [5, 5.41) is 1.04. The van der Waals surface area contributed by atoms with Gasteiger partial charge in [-0.1, -0.05) is 50.5 Å². The van der Waals surface area contributed by atoms with Gasteiger partial charge in [0.2, 0.25) is 0 Å². The van der Waals surface area contributed by atoms with Crippen LogP contribution in [-0.4, -0.2) is 41.6 Å². The Morgan fingerprint density at radius 1 is 1.14 bits per heavy atom. The number of pyridine rings is 1. The summed E-state index contributed by atoms with van der Waals surface area (Å²) >= 11 is 0. The molecule has 5 atom stereocenters. The first-order chi connectivity index (χ1) is 18.2. The van der Waals surface area contributed by atoms with Crippen LogP contribution >= 0.6 is 0 Å². The molecular weight excluding hydrogens is 460 g/mol. The lowest BCUT2D eigenvalue weighted by Gasteiger charge is -2.51. The van der Waals surface area contributed by atoms with Gasteiger partial charge in [-0.2, -0.15) is 0 Å². The quantitative estimate of drug-likeness (QED) is 0.162. The van der Waals surface area contributed by atoms with Gasteiger partial charge < -0.3 is 9.47 Å². The lowest BCUT2D eigenvalue weighted by atomic mass is 9.73. The molecule has 0 radical (unpaired) electrons. The third-order valence-electron chi connectivity index (χ3n) is 8.08. The third kappa shape index (κ3) is 5.72. The molecule has 0 amide bonds. The summed E-state index contributed by atoms with van der Waals surface area (Å²) in [5.41, 5.74) is 2.49. The fraction of sp³-hybridized carbons (Fsp3) is 0.438. The Kier molecular flexibility index (Phi) is 8.20. The number of carbonyl (C=O) groups excluding carboxylic acids is 1. The molecule has 5 heteroatoms. The van der Waals surface area contributed by atoms with Gasteiger partial charge in [0.15, 0.2) is 0 Å². The standard InChI is InChI=1S/C32H38N2O3/c1-3-5-6-9-20-36-26-14-12-24(13-15-26)32(35)37-31(28-16-18-33-29-11-8-7-10-27(28)29)30-21-25-17-19-34(30)22-23(25)4-2/h4,7-8,10-16,18,23,25,30-31H,2-3,5-6,9,17,19-22H2,1H3/t23-,25-,30-,31+/m0/s1. The van der Waals surface area contributed by atoms with Crippen LogP contribution in [-0.2, 0) is 4.74 Å². The van der Waals surface area contributed by atoms with E-state index in [1.54, 1.807) is 0 Å². The molecule has 6 rings (SSSR count). The van der Waals surface area contributed by atoms with Crippen molar-refractivity contribution in [2.45, 2.75) is 57.6 Å². The van der Waals surface area contributed by atoms with E-state index in [4.69, 9.17) is 9.47 Å². The molecule has 3 fully saturated rings. The van der Waals surface area contributed by atoms with Gasteiger partial charge in [0, 0.05) is 23.7 Å². The first-order valence-corrected chi connectivity index (χ1v) is 13.8. The molecule has 1 aromatic heterocycles. The first kappa shape index (κ1) is 25.5. The van der Waals surface area contributed by atoms with Crippen molar-refractivity contribution in [2.75, 3.05) is 19.7 Å². The van der Waals surface area contributed by atoms with E-state index in [1.807, 2.05) is 54.7 Å². The molecule has 3 aliphatic rings. The van der Waals surface area contributed by atoms with Crippen LogP contribution in [0.5, 0.6) is 5.75 Å². The molecule has 37 heavy (non-hydrogen) atoms. The van der Waals surface area contributed by atoms with Crippen molar-refractivity contribution >= 4 is 16.9 Å². The molecule has 3 aliphatic heterocycles. The number of hydrogen-bond donors (Lipinski definition) is 0. The molecule has 0 spiro atoms. The highest BCUT2D eigenvalue weighted by atomic mass is 16.5. The van der Waals surface area contributed by atoms with E-state index in [9.17, 15) is 4.79 Å². The van der Waals surface area contributed by atoms with Gasteiger partial charge in [0.05, 0.1) is 23.7 Å². The molecular formula is C32H38N2O3. The number of aromatic nitrogens is 1. The fourth-order valence-electron chi connectivity index (χ4n) is 6.00. The highest BCUT2D eigenvalue weighted by Crippen LogP contribution is 2.43. The summed E-state index contributed by atoms with van der Waals surface area (Å²) in [6.07, 6.45) is 10.4. The van der Waals surface area contributed by atoms with E-state index in [-0.39, 0.29) is 18.1 Å². The van der Waals surface area contributed by atoms with E-state index >= 15 is 0 Å². The van der Waals surface area contributed by atoms with Crippen LogP contribution in [0.25, 0.3) is 10.9 Å². The van der Waals surface area contributed by atoms with Crippen molar-refractivity contribution < 1.29 is 14.3 Å². The number of para-hydroxylation sites is 1. The second kappa shape index (κ2) is 11.9. The lowest BCUT2D eigenvalue weighted by molar-refractivity contribution is -0.0568. The Hall–Kier alpha value is -3.18. The zero-order valence-electron chi connectivity index (χ0n) is 21.9. The number of fused-ring (bicyclic) bond motifs is 4. The molecule has 194 valence electrons. The third-order valence-corrected chi connectivity index (χ3v) is 8.08. The maximum absolute atomic E-state index is 13.5. The highest BCUT2D eigenvalue weighted by molar-refractivity contribution is 5.90. The van der Waals surface area contributed by atoms with Crippen molar-refractivity contribution in [1.29, 1.82) is 0 Å². The first-order valence-electron chi connectivity index (χ1n) is 13.8. The largest absolute Gasteiger partial charge is 0.494 e. The monoisotopic (exact) mass is 498 g/mol. The molecule has 3 saturated heterocycles. The zero-order valence-corrected chi connectivity index (χ0v) is 21.9. The molecule has 4 heterocycles. The van der Waals surface area contributed by atoms with Gasteiger partial charge in [-0.15, -0.1) is 6.58 Å². The van der Waals surface area contributed by atoms with Crippen LogP contribution in [0.1, 0.15) is 67.5 Å². The number of rotatable bonds is 11. The summed E-state index contributed by atoms with van der Waals surface area (Å²) in [7, 11) is 0. The second-order valence-electron chi connectivity index (χ2n) is 10.4. The van der Waals surface area contributed by atoms with Crippen LogP contribution in [0.3, 0.4) is 0 Å². The minimum absolute atomic E-state index is 0.135. The molecule has 0 N–H and O–H groups in total.